The Kier molecular flexibility index (Phi) is 14.1. The fourth-order valence-corrected chi connectivity index (χ4v) is 2.26. The molecule has 0 aliphatic heterocycles. The highest BCUT2D eigenvalue weighted by molar-refractivity contribution is 4.59. The maximum Gasteiger partial charge on any atom is -0.000676 e. The first-order valence-electron chi connectivity index (χ1n) is 7.94. The Hall–Kier alpha value is -0.160. The lowest BCUT2D eigenvalue weighted by Gasteiger charge is -2.21. The van der Waals surface area contributed by atoms with Gasteiger partial charge in [0, 0.05) is 0 Å². The van der Waals surface area contributed by atoms with E-state index < -0.39 is 0 Å². The minimum atomic E-state index is 1.12. The van der Waals surface area contributed by atoms with Gasteiger partial charge in [-0.25, -0.2) is 0 Å². The number of hydrogen-bond acceptors (Lipinski definition) is 4. The Morgan fingerprint density at radius 2 is 1.21 bits per heavy atom. The molecular weight excluding hydrogens is 236 g/mol. The summed E-state index contributed by atoms with van der Waals surface area (Å²) in [6, 6.07) is 0. The molecule has 0 amide bonds. The Balaban J connectivity index is 3.43. The highest BCUT2D eigenvalue weighted by Gasteiger charge is 2.02. The van der Waals surface area contributed by atoms with Gasteiger partial charge in [0.25, 0.3) is 0 Å². The van der Waals surface area contributed by atoms with Crippen molar-refractivity contribution in [3.8, 4) is 0 Å². The van der Waals surface area contributed by atoms with Gasteiger partial charge in [-0.1, -0.05) is 6.92 Å². The molecule has 4 heteroatoms. The highest BCUT2D eigenvalue weighted by atomic mass is 15.1. The average molecular weight is 272 g/mol. The third-order valence-electron chi connectivity index (χ3n) is 3.58. The number of nitrogens with one attached hydrogen (secondary N) is 2. The lowest BCUT2D eigenvalue weighted by atomic mass is 10.2. The molecule has 0 aliphatic rings. The zero-order chi connectivity index (χ0) is 14.3. The van der Waals surface area contributed by atoms with Gasteiger partial charge in [0.05, 0.1) is 0 Å². The van der Waals surface area contributed by atoms with Crippen LogP contribution >= 0.6 is 0 Å². The summed E-state index contributed by atoms with van der Waals surface area (Å²) in [6.07, 6.45) is 5.15. The van der Waals surface area contributed by atoms with E-state index in [1.165, 1.54) is 58.4 Å². The second kappa shape index (κ2) is 14.3. The lowest BCUT2D eigenvalue weighted by Crippen LogP contribution is -2.29. The Bertz CT molecular complexity index is 176. The first kappa shape index (κ1) is 18.8. The molecule has 116 valence electrons. The second-order valence-corrected chi connectivity index (χ2v) is 5.36. The van der Waals surface area contributed by atoms with Gasteiger partial charge < -0.3 is 20.4 Å². The predicted molar refractivity (Wildman–Crippen MR) is 85.9 cm³/mol. The summed E-state index contributed by atoms with van der Waals surface area (Å²) in [4.78, 5) is 5.02. The Morgan fingerprint density at radius 1 is 0.737 bits per heavy atom. The fourth-order valence-electron chi connectivity index (χ4n) is 2.26. The molecule has 0 rings (SSSR count). The summed E-state index contributed by atoms with van der Waals surface area (Å²) in [6.45, 7) is 10.6. The van der Waals surface area contributed by atoms with Gasteiger partial charge in [-0.3, -0.25) is 0 Å². The number of hydrogen-bond donors (Lipinski definition) is 2. The van der Waals surface area contributed by atoms with Crippen LogP contribution in [0, 0.1) is 0 Å². The van der Waals surface area contributed by atoms with E-state index in [4.69, 9.17) is 0 Å². The molecule has 0 aliphatic carbocycles. The van der Waals surface area contributed by atoms with Crippen molar-refractivity contribution in [3.63, 3.8) is 0 Å². The van der Waals surface area contributed by atoms with E-state index in [0.717, 1.165) is 13.1 Å². The van der Waals surface area contributed by atoms with Crippen molar-refractivity contribution in [2.75, 3.05) is 67.0 Å². The van der Waals surface area contributed by atoms with Crippen LogP contribution in [-0.2, 0) is 0 Å². The number of rotatable bonds is 14. The maximum absolute atomic E-state index is 3.22. The van der Waals surface area contributed by atoms with E-state index in [-0.39, 0.29) is 0 Å². The molecule has 0 atom stereocenters. The van der Waals surface area contributed by atoms with Crippen LogP contribution in [0.5, 0.6) is 0 Å². The van der Waals surface area contributed by atoms with Gasteiger partial charge in [0.15, 0.2) is 0 Å². The number of unbranched alkanes of at least 4 members (excludes halogenated alkanes) is 1. The van der Waals surface area contributed by atoms with Crippen molar-refractivity contribution in [1.29, 1.82) is 0 Å². The van der Waals surface area contributed by atoms with Crippen molar-refractivity contribution in [3.05, 3.63) is 0 Å². The van der Waals surface area contributed by atoms with Gasteiger partial charge in [-0.15, -0.1) is 0 Å². The molecule has 0 saturated heterocycles. The van der Waals surface area contributed by atoms with E-state index >= 15 is 0 Å². The van der Waals surface area contributed by atoms with Crippen LogP contribution in [0.25, 0.3) is 0 Å². The molecule has 0 unspecified atom stereocenters. The Labute approximate surface area is 120 Å². The third kappa shape index (κ3) is 12.6. The molecule has 2 N–H and O–H groups in total. The Morgan fingerprint density at radius 3 is 1.79 bits per heavy atom. The zero-order valence-electron chi connectivity index (χ0n) is 13.7. The molecule has 0 spiro atoms. The van der Waals surface area contributed by atoms with E-state index in [1.807, 2.05) is 14.1 Å². The summed E-state index contributed by atoms with van der Waals surface area (Å²) in [5, 5.41) is 6.41. The number of nitrogens with zero attached hydrogens (tertiary/aromatic N) is 2. The van der Waals surface area contributed by atoms with Crippen LogP contribution in [0.3, 0.4) is 0 Å². The molecule has 0 aromatic heterocycles. The summed E-state index contributed by atoms with van der Waals surface area (Å²) in [5.74, 6) is 0. The van der Waals surface area contributed by atoms with Crippen molar-refractivity contribution >= 4 is 0 Å². The van der Waals surface area contributed by atoms with Crippen LogP contribution in [0.2, 0.25) is 0 Å². The third-order valence-corrected chi connectivity index (χ3v) is 3.58. The summed E-state index contributed by atoms with van der Waals surface area (Å²) in [5.41, 5.74) is 0. The topological polar surface area (TPSA) is 30.5 Å². The minimum absolute atomic E-state index is 1.12. The van der Waals surface area contributed by atoms with Gasteiger partial charge in [-0.2, -0.15) is 0 Å². The van der Waals surface area contributed by atoms with E-state index in [0.29, 0.717) is 0 Å². The highest BCUT2D eigenvalue weighted by Crippen LogP contribution is 1.99. The average Bonchev–Trinajstić information content (AvgIpc) is 2.42. The van der Waals surface area contributed by atoms with Gasteiger partial charge in [0.1, 0.15) is 0 Å². The fraction of sp³-hybridized carbons (Fsp3) is 1.00. The SMILES string of the molecule is CCN(CCCCN(C)CCCNC)CCCNC. The first-order chi connectivity index (χ1) is 9.24. The molecule has 0 bridgehead atoms. The normalized spacial score (nSPS) is 11.7. The van der Waals surface area contributed by atoms with Crippen LogP contribution in [0.1, 0.15) is 32.6 Å². The quantitative estimate of drug-likeness (QED) is 0.466. The smallest absolute Gasteiger partial charge is 0.000676 e. The van der Waals surface area contributed by atoms with Crippen LogP contribution in [0.15, 0.2) is 0 Å². The molecule has 0 heterocycles. The van der Waals surface area contributed by atoms with E-state index in [1.54, 1.807) is 0 Å². The molecular formula is C15H36N4. The molecule has 0 fully saturated rings. The van der Waals surface area contributed by atoms with Gasteiger partial charge >= 0.3 is 0 Å². The van der Waals surface area contributed by atoms with Crippen molar-refractivity contribution < 1.29 is 0 Å². The van der Waals surface area contributed by atoms with Gasteiger partial charge in [-0.05, 0) is 92.6 Å². The minimum Gasteiger partial charge on any atom is -0.320 e. The second-order valence-electron chi connectivity index (χ2n) is 5.36. The van der Waals surface area contributed by atoms with Crippen molar-refractivity contribution in [1.82, 2.24) is 20.4 Å². The standard InChI is InChI=1S/C15H36N4/c1-5-19(15-9-11-17-3)14-7-6-12-18(4)13-8-10-16-2/h16-17H,5-15H2,1-4H3. The lowest BCUT2D eigenvalue weighted by molar-refractivity contribution is 0.263. The van der Waals surface area contributed by atoms with Gasteiger partial charge in [0.2, 0.25) is 0 Å². The molecule has 0 aromatic carbocycles. The maximum atomic E-state index is 3.22. The van der Waals surface area contributed by atoms with Crippen molar-refractivity contribution in [2.24, 2.45) is 0 Å². The monoisotopic (exact) mass is 272 g/mol. The van der Waals surface area contributed by atoms with Crippen molar-refractivity contribution in [2.45, 2.75) is 32.6 Å². The molecule has 0 saturated carbocycles. The zero-order valence-corrected chi connectivity index (χ0v) is 13.7. The predicted octanol–water partition coefficient (Wildman–Crippen LogP) is 1.24. The molecule has 4 nitrogen and oxygen atoms in total. The van der Waals surface area contributed by atoms with Crippen LogP contribution < -0.4 is 10.6 Å². The van der Waals surface area contributed by atoms with E-state index in [2.05, 4.69) is 34.4 Å². The van der Waals surface area contributed by atoms with Crippen LogP contribution in [-0.4, -0.2) is 76.8 Å². The van der Waals surface area contributed by atoms with Crippen LogP contribution in [0.4, 0.5) is 0 Å². The largest absolute Gasteiger partial charge is 0.320 e. The summed E-state index contributed by atoms with van der Waals surface area (Å²) in [7, 11) is 6.29. The molecule has 19 heavy (non-hydrogen) atoms. The molecule has 0 aromatic rings. The summed E-state index contributed by atoms with van der Waals surface area (Å²) < 4.78 is 0. The summed E-state index contributed by atoms with van der Waals surface area (Å²) >= 11 is 0. The molecule has 0 radical (unpaired) electrons. The first-order valence-corrected chi connectivity index (χ1v) is 7.94. The van der Waals surface area contributed by atoms with E-state index in [9.17, 15) is 0 Å².